The minimum atomic E-state index is 0.0167. The summed E-state index contributed by atoms with van der Waals surface area (Å²) < 4.78 is 5.69. The fourth-order valence-electron chi connectivity index (χ4n) is 2.79. The molecular weight excluding hydrogens is 252 g/mol. The molecule has 1 fully saturated rings. The summed E-state index contributed by atoms with van der Waals surface area (Å²) in [5.41, 5.74) is 0.873. The van der Waals surface area contributed by atoms with Gasteiger partial charge in [0, 0.05) is 23.7 Å². The van der Waals surface area contributed by atoms with Crippen molar-refractivity contribution >= 4 is 16.6 Å². The summed E-state index contributed by atoms with van der Waals surface area (Å²) in [4.78, 5) is 6.90. The molecule has 2 unspecified atom stereocenters. The predicted octanol–water partition coefficient (Wildman–Crippen LogP) is 2.34. The number of hydrogen-bond acceptors (Lipinski definition) is 4. The van der Waals surface area contributed by atoms with E-state index in [2.05, 4.69) is 29.8 Å². The number of hydrogen-bond donors (Lipinski definition) is 1. The minimum Gasteiger partial charge on any atom is -0.392 e. The first-order valence-corrected chi connectivity index (χ1v) is 7.06. The SMILES string of the molecule is CC1CN(c2ncc(CO)c3ccccc23)C(C)CO1. The maximum Gasteiger partial charge on any atom is 0.136 e. The van der Waals surface area contributed by atoms with E-state index in [1.54, 1.807) is 6.20 Å². The average Bonchev–Trinajstić information content (AvgIpc) is 2.49. The Morgan fingerprint density at radius 2 is 2.05 bits per heavy atom. The van der Waals surface area contributed by atoms with E-state index in [9.17, 15) is 5.11 Å². The van der Waals surface area contributed by atoms with Crippen molar-refractivity contribution in [3.05, 3.63) is 36.0 Å². The van der Waals surface area contributed by atoms with Gasteiger partial charge in [-0.2, -0.15) is 0 Å². The van der Waals surface area contributed by atoms with Gasteiger partial charge in [0.25, 0.3) is 0 Å². The molecule has 0 aliphatic carbocycles. The van der Waals surface area contributed by atoms with Crippen molar-refractivity contribution in [3.63, 3.8) is 0 Å². The van der Waals surface area contributed by atoms with Gasteiger partial charge in [0.05, 0.1) is 25.4 Å². The van der Waals surface area contributed by atoms with Gasteiger partial charge in [-0.25, -0.2) is 4.98 Å². The van der Waals surface area contributed by atoms with Crippen LogP contribution in [0, 0.1) is 0 Å². The highest BCUT2D eigenvalue weighted by Crippen LogP contribution is 2.30. The molecule has 4 heteroatoms. The van der Waals surface area contributed by atoms with Crippen molar-refractivity contribution in [2.75, 3.05) is 18.1 Å². The van der Waals surface area contributed by atoms with Gasteiger partial charge in [0.2, 0.25) is 0 Å². The Hall–Kier alpha value is -1.65. The van der Waals surface area contributed by atoms with Crippen molar-refractivity contribution in [1.82, 2.24) is 4.98 Å². The molecule has 2 atom stereocenters. The maximum atomic E-state index is 9.46. The van der Waals surface area contributed by atoms with E-state index >= 15 is 0 Å². The normalized spacial score (nSPS) is 23.2. The fourth-order valence-corrected chi connectivity index (χ4v) is 2.79. The van der Waals surface area contributed by atoms with Gasteiger partial charge in [0.1, 0.15) is 5.82 Å². The molecule has 1 aliphatic rings. The molecule has 2 heterocycles. The number of morpholine rings is 1. The highest BCUT2D eigenvalue weighted by Gasteiger charge is 2.26. The zero-order valence-electron chi connectivity index (χ0n) is 11.9. The largest absolute Gasteiger partial charge is 0.392 e. The summed E-state index contributed by atoms with van der Waals surface area (Å²) in [6.07, 6.45) is 1.99. The molecule has 4 nitrogen and oxygen atoms in total. The number of fused-ring (bicyclic) bond motifs is 1. The third-order valence-electron chi connectivity index (χ3n) is 3.91. The van der Waals surface area contributed by atoms with E-state index in [1.165, 1.54) is 0 Å². The molecule has 1 N–H and O–H groups in total. The topological polar surface area (TPSA) is 45.6 Å². The van der Waals surface area contributed by atoms with E-state index in [4.69, 9.17) is 4.74 Å². The quantitative estimate of drug-likeness (QED) is 0.911. The third kappa shape index (κ3) is 2.25. The van der Waals surface area contributed by atoms with Crippen LogP contribution in [-0.4, -0.2) is 35.4 Å². The van der Waals surface area contributed by atoms with Crippen molar-refractivity contribution in [2.24, 2.45) is 0 Å². The van der Waals surface area contributed by atoms with Gasteiger partial charge < -0.3 is 14.7 Å². The lowest BCUT2D eigenvalue weighted by molar-refractivity contribution is 0.0342. The Morgan fingerprint density at radius 3 is 2.80 bits per heavy atom. The molecule has 20 heavy (non-hydrogen) atoms. The van der Waals surface area contributed by atoms with E-state index in [0.29, 0.717) is 6.04 Å². The van der Waals surface area contributed by atoms with Crippen LogP contribution in [0.2, 0.25) is 0 Å². The second kappa shape index (κ2) is 5.38. The number of rotatable bonds is 2. The Balaban J connectivity index is 2.12. The molecule has 3 rings (SSSR count). The highest BCUT2D eigenvalue weighted by molar-refractivity contribution is 5.94. The molecular formula is C16H20N2O2. The van der Waals surface area contributed by atoms with Crippen LogP contribution in [0.4, 0.5) is 5.82 Å². The number of nitrogens with zero attached hydrogens (tertiary/aromatic N) is 2. The van der Waals surface area contributed by atoms with E-state index in [1.807, 2.05) is 18.2 Å². The molecule has 1 aliphatic heterocycles. The summed E-state index contributed by atoms with van der Waals surface area (Å²) in [5, 5.41) is 11.6. The first-order chi connectivity index (χ1) is 9.70. The maximum absolute atomic E-state index is 9.46. The number of pyridine rings is 1. The third-order valence-corrected chi connectivity index (χ3v) is 3.91. The number of aromatic nitrogens is 1. The van der Waals surface area contributed by atoms with Gasteiger partial charge in [0.15, 0.2) is 0 Å². The molecule has 1 aromatic heterocycles. The fraction of sp³-hybridized carbons (Fsp3) is 0.438. The van der Waals surface area contributed by atoms with Crippen molar-refractivity contribution in [3.8, 4) is 0 Å². The van der Waals surface area contributed by atoms with Gasteiger partial charge in [-0.15, -0.1) is 0 Å². The Bertz CT molecular complexity index is 614. The highest BCUT2D eigenvalue weighted by atomic mass is 16.5. The minimum absolute atomic E-state index is 0.0167. The van der Waals surface area contributed by atoms with E-state index in [-0.39, 0.29) is 12.7 Å². The van der Waals surface area contributed by atoms with Crippen LogP contribution >= 0.6 is 0 Å². The monoisotopic (exact) mass is 272 g/mol. The first-order valence-electron chi connectivity index (χ1n) is 7.06. The first kappa shape index (κ1) is 13.3. The summed E-state index contributed by atoms with van der Waals surface area (Å²) in [6, 6.07) is 8.44. The second-order valence-corrected chi connectivity index (χ2v) is 5.46. The zero-order chi connectivity index (χ0) is 14.1. The van der Waals surface area contributed by atoms with E-state index in [0.717, 1.165) is 35.3 Å². The molecule has 0 spiro atoms. The molecule has 0 saturated carbocycles. The van der Waals surface area contributed by atoms with Crippen LogP contribution < -0.4 is 4.90 Å². The Labute approximate surface area is 119 Å². The second-order valence-electron chi connectivity index (χ2n) is 5.46. The van der Waals surface area contributed by atoms with Crippen LogP contribution in [0.3, 0.4) is 0 Å². The van der Waals surface area contributed by atoms with E-state index < -0.39 is 0 Å². The standard InChI is InChI=1S/C16H20N2O2/c1-11-10-20-12(2)8-18(11)16-15-6-4-3-5-14(15)13(9-19)7-17-16/h3-7,11-12,19H,8-10H2,1-2H3. The van der Waals surface area contributed by atoms with Crippen molar-refractivity contribution < 1.29 is 9.84 Å². The van der Waals surface area contributed by atoms with Gasteiger partial charge in [-0.1, -0.05) is 24.3 Å². The van der Waals surface area contributed by atoms with Crippen LogP contribution in [0.15, 0.2) is 30.5 Å². The number of aliphatic hydroxyl groups is 1. The summed E-state index contributed by atoms with van der Waals surface area (Å²) in [7, 11) is 0. The molecule has 1 aromatic carbocycles. The van der Waals surface area contributed by atoms with Crippen LogP contribution in [0.1, 0.15) is 19.4 Å². The number of benzene rings is 1. The Morgan fingerprint density at radius 1 is 1.30 bits per heavy atom. The zero-order valence-corrected chi connectivity index (χ0v) is 11.9. The van der Waals surface area contributed by atoms with Gasteiger partial charge >= 0.3 is 0 Å². The molecule has 2 aromatic rings. The molecule has 1 saturated heterocycles. The van der Waals surface area contributed by atoms with Gasteiger partial charge in [-0.3, -0.25) is 0 Å². The number of anilines is 1. The van der Waals surface area contributed by atoms with Crippen LogP contribution in [0.5, 0.6) is 0 Å². The van der Waals surface area contributed by atoms with Crippen LogP contribution in [0.25, 0.3) is 10.8 Å². The number of aliphatic hydroxyl groups excluding tert-OH is 1. The lowest BCUT2D eigenvalue weighted by Crippen LogP contribution is -2.47. The lowest BCUT2D eigenvalue weighted by atomic mass is 10.1. The summed E-state index contributed by atoms with van der Waals surface area (Å²) in [5.74, 6) is 0.987. The lowest BCUT2D eigenvalue weighted by Gasteiger charge is -2.38. The predicted molar refractivity (Wildman–Crippen MR) is 79.9 cm³/mol. The molecule has 0 radical (unpaired) electrons. The summed E-state index contributed by atoms with van der Waals surface area (Å²) in [6.45, 7) is 5.82. The smallest absolute Gasteiger partial charge is 0.136 e. The van der Waals surface area contributed by atoms with Crippen molar-refractivity contribution in [1.29, 1.82) is 0 Å². The average molecular weight is 272 g/mol. The molecule has 0 bridgehead atoms. The van der Waals surface area contributed by atoms with Gasteiger partial charge in [-0.05, 0) is 19.2 Å². The summed E-state index contributed by atoms with van der Waals surface area (Å²) >= 11 is 0. The van der Waals surface area contributed by atoms with Crippen molar-refractivity contribution in [2.45, 2.75) is 32.6 Å². The molecule has 0 amide bonds. The molecule has 106 valence electrons. The Kier molecular flexibility index (Phi) is 3.59. The number of ether oxygens (including phenoxy) is 1. The van der Waals surface area contributed by atoms with Crippen LogP contribution in [-0.2, 0) is 11.3 Å².